The van der Waals surface area contributed by atoms with Gasteiger partial charge in [-0.3, -0.25) is 9.97 Å². The molecule has 35 heavy (non-hydrogen) atoms. The molecule has 0 saturated carbocycles. The molecule has 4 nitrogen and oxygen atoms in total. The van der Waals surface area contributed by atoms with Crippen LogP contribution in [0.25, 0.3) is 55.0 Å². The largest absolute Gasteiger partial charge is 0.506 e. The maximum Gasteiger partial charge on any atom is 0.141 e. The predicted octanol–water partition coefficient (Wildman–Crippen LogP) is 7.54. The van der Waals surface area contributed by atoms with E-state index in [9.17, 15) is 5.11 Å². The van der Waals surface area contributed by atoms with Gasteiger partial charge in [-0.05, 0) is 24.3 Å². The minimum absolute atomic E-state index is 0. The summed E-state index contributed by atoms with van der Waals surface area (Å²) >= 11 is 0. The topological polar surface area (TPSA) is 59.2 Å². The number of fused-ring (bicyclic) bond motifs is 6. The van der Waals surface area contributed by atoms with Crippen molar-refractivity contribution in [1.82, 2.24) is 9.97 Å². The third-order valence-electron chi connectivity index (χ3n) is 5.79. The zero-order valence-electron chi connectivity index (χ0n) is 18.5. The molecule has 0 unspecified atom stereocenters. The molecule has 0 aliphatic heterocycles. The Bertz CT molecular complexity index is 1770. The number of hydrogen-bond donors (Lipinski definition) is 1. The molecular formula is C30H19IrN2O2-. The van der Waals surface area contributed by atoms with Crippen molar-refractivity contribution in [3.05, 3.63) is 115 Å². The van der Waals surface area contributed by atoms with Crippen LogP contribution in [-0.4, -0.2) is 15.1 Å². The first kappa shape index (κ1) is 22.7. The Morgan fingerprint density at radius 3 is 2.34 bits per heavy atom. The monoisotopic (exact) mass is 632 g/mol. The molecule has 0 spiro atoms. The van der Waals surface area contributed by atoms with Crippen LogP contribution in [0.5, 0.6) is 5.75 Å². The molecule has 3 aromatic heterocycles. The molecule has 3 heterocycles. The van der Waals surface area contributed by atoms with Gasteiger partial charge in [-0.25, -0.2) is 0 Å². The number of pyridine rings is 2. The smallest absolute Gasteiger partial charge is 0.141 e. The van der Waals surface area contributed by atoms with Crippen LogP contribution >= 0.6 is 0 Å². The molecule has 4 aromatic carbocycles. The van der Waals surface area contributed by atoms with Crippen LogP contribution in [0.1, 0.15) is 0 Å². The zero-order chi connectivity index (χ0) is 22.9. The number of benzene rings is 4. The average molecular weight is 632 g/mol. The van der Waals surface area contributed by atoms with Gasteiger partial charge in [0.1, 0.15) is 22.4 Å². The van der Waals surface area contributed by atoms with Gasteiger partial charge in [-0.15, -0.1) is 35.9 Å². The van der Waals surface area contributed by atoms with E-state index in [1.807, 2.05) is 78.9 Å². The summed E-state index contributed by atoms with van der Waals surface area (Å²) < 4.78 is 6.16. The van der Waals surface area contributed by atoms with E-state index in [0.29, 0.717) is 5.52 Å². The predicted molar refractivity (Wildman–Crippen MR) is 137 cm³/mol. The van der Waals surface area contributed by atoms with Crippen molar-refractivity contribution in [2.45, 2.75) is 0 Å². The number of rotatable bonds is 1. The molecule has 1 N–H and O–H groups in total. The third kappa shape index (κ3) is 4.16. The van der Waals surface area contributed by atoms with Crippen molar-refractivity contribution in [3.8, 4) is 17.0 Å². The van der Waals surface area contributed by atoms with Crippen molar-refractivity contribution in [3.63, 3.8) is 0 Å². The van der Waals surface area contributed by atoms with Gasteiger partial charge in [-0.2, -0.15) is 0 Å². The van der Waals surface area contributed by atoms with Crippen LogP contribution in [0, 0.1) is 6.07 Å². The molecule has 0 bridgehead atoms. The van der Waals surface area contributed by atoms with Crippen LogP contribution < -0.4 is 0 Å². The summed E-state index contributed by atoms with van der Waals surface area (Å²) in [5.74, 6) is 0.239. The summed E-state index contributed by atoms with van der Waals surface area (Å²) in [5.41, 5.74) is 5.14. The molecule has 7 aromatic rings. The number of para-hydroxylation sites is 3. The third-order valence-corrected chi connectivity index (χ3v) is 5.79. The van der Waals surface area contributed by atoms with Crippen LogP contribution in [0.2, 0.25) is 0 Å². The van der Waals surface area contributed by atoms with Crippen LogP contribution in [0.4, 0.5) is 0 Å². The van der Waals surface area contributed by atoms with Gasteiger partial charge in [-0.1, -0.05) is 54.6 Å². The minimum atomic E-state index is 0. The van der Waals surface area contributed by atoms with E-state index in [1.165, 1.54) is 0 Å². The fourth-order valence-corrected chi connectivity index (χ4v) is 4.24. The zero-order valence-corrected chi connectivity index (χ0v) is 20.9. The Labute approximate surface area is 215 Å². The molecule has 0 aliphatic rings. The summed E-state index contributed by atoms with van der Waals surface area (Å²) in [4.78, 5) is 8.87. The summed E-state index contributed by atoms with van der Waals surface area (Å²) in [5, 5.41) is 13.6. The van der Waals surface area contributed by atoms with Gasteiger partial charge in [0.15, 0.2) is 0 Å². The number of furan rings is 1. The molecular weight excluding hydrogens is 613 g/mol. The van der Waals surface area contributed by atoms with Crippen LogP contribution in [-0.2, 0) is 20.1 Å². The second-order valence-electron chi connectivity index (χ2n) is 7.91. The fraction of sp³-hybridized carbons (Fsp3) is 0. The Morgan fingerprint density at radius 1 is 0.743 bits per heavy atom. The van der Waals surface area contributed by atoms with Gasteiger partial charge in [0, 0.05) is 53.5 Å². The Kier molecular flexibility index (Phi) is 6.28. The first-order valence-corrected chi connectivity index (χ1v) is 11.0. The molecule has 7 rings (SSSR count). The standard InChI is InChI=1S/C21H12NO.C9H7NO.Ir/c1-2-8-14(9-3-1)20-21-19(15-10-4-6-12-17(15)22-20)16-11-5-7-13-18(16)23-21;11-8-5-1-3-7-4-2-6-10-9(7)8;/h1-8,10-13H;1-6,11H;/q-1;;. The van der Waals surface area contributed by atoms with Crippen molar-refractivity contribution in [2.75, 3.05) is 0 Å². The van der Waals surface area contributed by atoms with E-state index in [2.05, 4.69) is 23.2 Å². The first-order chi connectivity index (χ1) is 16.8. The van der Waals surface area contributed by atoms with E-state index in [4.69, 9.17) is 9.40 Å². The van der Waals surface area contributed by atoms with Crippen molar-refractivity contribution < 1.29 is 29.6 Å². The number of nitrogens with zero attached hydrogens (tertiary/aromatic N) is 2. The van der Waals surface area contributed by atoms with Gasteiger partial charge in [0.05, 0.1) is 5.52 Å². The number of hydrogen-bond acceptors (Lipinski definition) is 4. The molecule has 0 saturated heterocycles. The second kappa shape index (κ2) is 9.67. The second-order valence-corrected chi connectivity index (χ2v) is 7.91. The van der Waals surface area contributed by atoms with Gasteiger partial charge in [0.2, 0.25) is 0 Å². The van der Waals surface area contributed by atoms with E-state index in [0.717, 1.165) is 49.5 Å². The number of aromatic nitrogens is 2. The van der Waals surface area contributed by atoms with Gasteiger partial charge >= 0.3 is 0 Å². The maximum atomic E-state index is 9.31. The van der Waals surface area contributed by atoms with Crippen molar-refractivity contribution in [2.24, 2.45) is 0 Å². The first-order valence-electron chi connectivity index (χ1n) is 11.0. The van der Waals surface area contributed by atoms with Crippen LogP contribution in [0.3, 0.4) is 0 Å². The molecule has 0 atom stereocenters. The van der Waals surface area contributed by atoms with Gasteiger partial charge in [0.25, 0.3) is 0 Å². The van der Waals surface area contributed by atoms with E-state index >= 15 is 0 Å². The quantitative estimate of drug-likeness (QED) is 0.190. The Hall–Kier alpha value is -4.05. The van der Waals surface area contributed by atoms with E-state index in [1.54, 1.807) is 18.3 Å². The minimum Gasteiger partial charge on any atom is -0.506 e. The number of phenolic OH excluding ortho intramolecular Hbond substituents is 1. The molecule has 0 amide bonds. The summed E-state index contributed by atoms with van der Waals surface area (Å²) in [6.07, 6.45) is 1.67. The van der Waals surface area contributed by atoms with E-state index < -0.39 is 0 Å². The summed E-state index contributed by atoms with van der Waals surface area (Å²) in [7, 11) is 0. The number of phenols is 1. The fourth-order valence-electron chi connectivity index (χ4n) is 4.24. The normalized spacial score (nSPS) is 10.7. The number of aromatic hydroxyl groups is 1. The Balaban J connectivity index is 0.000000179. The summed E-state index contributed by atoms with van der Waals surface area (Å²) in [6.45, 7) is 0. The summed E-state index contributed by atoms with van der Waals surface area (Å²) in [6, 6.07) is 36.6. The van der Waals surface area contributed by atoms with Gasteiger partial charge < -0.3 is 9.52 Å². The Morgan fingerprint density at radius 2 is 1.51 bits per heavy atom. The average Bonchev–Trinajstić information content (AvgIpc) is 3.29. The van der Waals surface area contributed by atoms with E-state index in [-0.39, 0.29) is 25.9 Å². The molecule has 0 fully saturated rings. The van der Waals surface area contributed by atoms with Crippen molar-refractivity contribution in [1.29, 1.82) is 0 Å². The molecule has 1 radical (unpaired) electrons. The molecule has 5 heteroatoms. The molecule has 0 aliphatic carbocycles. The molecule has 171 valence electrons. The van der Waals surface area contributed by atoms with Crippen molar-refractivity contribution >= 4 is 43.7 Å². The maximum absolute atomic E-state index is 9.31. The van der Waals surface area contributed by atoms with Crippen LogP contribution in [0.15, 0.2) is 114 Å². The SMILES string of the molecule is Oc1cccc2cccnc12.[Ir].[c-]1ccccc1-c1nc2ccccc2c2c1oc1ccccc12.